The highest BCUT2D eigenvalue weighted by atomic mass is 32.2. The number of amides is 2. The van der Waals surface area contributed by atoms with Crippen molar-refractivity contribution in [2.24, 2.45) is 4.99 Å². The number of anilines is 1. The quantitative estimate of drug-likeness (QED) is 0.617. The fraction of sp³-hybridized carbons (Fsp3) is 0.125. The van der Waals surface area contributed by atoms with Gasteiger partial charge in [0.25, 0.3) is 0 Å². The SMILES string of the molecule is O=C(Nc1ccccc1)[C@@H]1CC(=O)N(Cc2ccccc2)C(=Nc2ccc(F)cc2)S1. The first-order valence-electron chi connectivity index (χ1n) is 9.79. The number of nitrogens with one attached hydrogen (secondary N) is 1. The van der Waals surface area contributed by atoms with Gasteiger partial charge in [0, 0.05) is 12.1 Å². The summed E-state index contributed by atoms with van der Waals surface area (Å²) in [5.74, 6) is -0.801. The van der Waals surface area contributed by atoms with E-state index in [1.165, 1.54) is 23.9 Å². The molecule has 1 fully saturated rings. The Morgan fingerprint density at radius 2 is 1.65 bits per heavy atom. The maximum atomic E-state index is 13.3. The summed E-state index contributed by atoms with van der Waals surface area (Å²) >= 11 is 1.24. The Bertz CT molecular complexity index is 1090. The third-order valence-corrected chi connectivity index (χ3v) is 5.90. The molecule has 4 rings (SSSR count). The lowest BCUT2D eigenvalue weighted by Gasteiger charge is -2.32. The van der Waals surface area contributed by atoms with E-state index in [1.54, 1.807) is 29.2 Å². The molecule has 1 aliphatic heterocycles. The van der Waals surface area contributed by atoms with E-state index in [4.69, 9.17) is 0 Å². The molecule has 31 heavy (non-hydrogen) atoms. The van der Waals surface area contributed by atoms with Crippen molar-refractivity contribution >= 4 is 40.1 Å². The zero-order valence-electron chi connectivity index (χ0n) is 16.6. The molecular formula is C24H20FN3O2S. The molecule has 0 unspecified atom stereocenters. The van der Waals surface area contributed by atoms with Gasteiger partial charge >= 0.3 is 0 Å². The van der Waals surface area contributed by atoms with Crippen molar-refractivity contribution in [1.82, 2.24) is 4.90 Å². The molecule has 1 aliphatic rings. The van der Waals surface area contributed by atoms with Crippen LogP contribution in [0.2, 0.25) is 0 Å². The molecule has 0 aromatic heterocycles. The molecule has 0 aliphatic carbocycles. The molecule has 3 aromatic rings. The molecule has 7 heteroatoms. The molecule has 0 saturated carbocycles. The zero-order valence-corrected chi connectivity index (χ0v) is 17.4. The van der Waals surface area contributed by atoms with Crippen LogP contribution in [0, 0.1) is 5.82 Å². The minimum Gasteiger partial charge on any atom is -0.325 e. The van der Waals surface area contributed by atoms with Crippen LogP contribution >= 0.6 is 11.8 Å². The van der Waals surface area contributed by atoms with Crippen LogP contribution in [-0.4, -0.2) is 27.1 Å². The number of thioether (sulfide) groups is 1. The van der Waals surface area contributed by atoms with Gasteiger partial charge in [-0.25, -0.2) is 9.38 Å². The molecule has 1 atom stereocenters. The lowest BCUT2D eigenvalue weighted by Crippen LogP contribution is -2.44. The summed E-state index contributed by atoms with van der Waals surface area (Å²) in [5, 5.41) is 2.66. The van der Waals surface area contributed by atoms with Gasteiger partial charge in [0.2, 0.25) is 11.8 Å². The van der Waals surface area contributed by atoms with Crippen molar-refractivity contribution in [3.63, 3.8) is 0 Å². The van der Waals surface area contributed by atoms with E-state index in [0.717, 1.165) is 5.56 Å². The summed E-state index contributed by atoms with van der Waals surface area (Å²) < 4.78 is 13.3. The highest BCUT2D eigenvalue weighted by Crippen LogP contribution is 2.31. The predicted octanol–water partition coefficient (Wildman–Crippen LogP) is 4.99. The van der Waals surface area contributed by atoms with Crippen molar-refractivity contribution in [2.75, 3.05) is 5.32 Å². The van der Waals surface area contributed by atoms with Crippen LogP contribution < -0.4 is 5.32 Å². The second-order valence-corrected chi connectivity index (χ2v) is 8.17. The summed E-state index contributed by atoms with van der Waals surface area (Å²) in [5.41, 5.74) is 2.14. The number of amidine groups is 1. The summed E-state index contributed by atoms with van der Waals surface area (Å²) in [6.45, 7) is 0.347. The Hall–Kier alpha value is -3.45. The summed E-state index contributed by atoms with van der Waals surface area (Å²) in [6, 6.07) is 24.4. The van der Waals surface area contributed by atoms with E-state index < -0.39 is 5.25 Å². The van der Waals surface area contributed by atoms with E-state index in [9.17, 15) is 14.0 Å². The number of hydrogen-bond donors (Lipinski definition) is 1. The molecule has 1 saturated heterocycles. The molecule has 0 spiro atoms. The second kappa shape index (κ2) is 9.57. The number of carbonyl (C=O) groups excluding carboxylic acids is 2. The molecular weight excluding hydrogens is 413 g/mol. The van der Waals surface area contributed by atoms with E-state index >= 15 is 0 Å². The van der Waals surface area contributed by atoms with Gasteiger partial charge in [-0.3, -0.25) is 14.5 Å². The first kappa shape index (κ1) is 20.8. The Kier molecular flexibility index (Phi) is 6.43. The Morgan fingerprint density at radius 3 is 2.32 bits per heavy atom. The number of rotatable bonds is 5. The maximum absolute atomic E-state index is 13.3. The number of carbonyl (C=O) groups is 2. The third-order valence-electron chi connectivity index (χ3n) is 4.71. The largest absolute Gasteiger partial charge is 0.325 e. The standard InChI is InChI=1S/C24H20FN3O2S/c25-18-11-13-20(14-12-18)27-24-28(16-17-7-3-1-4-8-17)22(29)15-21(31-24)23(30)26-19-9-5-2-6-10-19/h1-14,21H,15-16H2,(H,26,30)/t21-/m0/s1. The first-order chi connectivity index (χ1) is 15.1. The van der Waals surface area contributed by atoms with Gasteiger partial charge in [0.1, 0.15) is 11.1 Å². The summed E-state index contributed by atoms with van der Waals surface area (Å²) in [7, 11) is 0. The molecule has 0 radical (unpaired) electrons. The van der Waals surface area contributed by atoms with Crippen LogP contribution in [-0.2, 0) is 16.1 Å². The van der Waals surface area contributed by atoms with Gasteiger partial charge in [0.15, 0.2) is 5.17 Å². The van der Waals surface area contributed by atoms with E-state index in [0.29, 0.717) is 23.1 Å². The van der Waals surface area contributed by atoms with Crippen LogP contribution in [0.1, 0.15) is 12.0 Å². The molecule has 1 heterocycles. The van der Waals surface area contributed by atoms with Crippen LogP contribution in [0.4, 0.5) is 15.8 Å². The number of benzene rings is 3. The molecule has 156 valence electrons. The summed E-state index contributed by atoms with van der Waals surface area (Å²) in [6.07, 6.45) is 0.0681. The molecule has 1 N–H and O–H groups in total. The molecule has 5 nitrogen and oxygen atoms in total. The first-order valence-corrected chi connectivity index (χ1v) is 10.7. The topological polar surface area (TPSA) is 61.8 Å². The second-order valence-electron chi connectivity index (χ2n) is 7.00. The van der Waals surface area contributed by atoms with Crippen molar-refractivity contribution in [3.05, 3.63) is 96.3 Å². The zero-order chi connectivity index (χ0) is 21.6. The number of halogens is 1. The highest BCUT2D eigenvalue weighted by molar-refractivity contribution is 8.15. The average Bonchev–Trinajstić information content (AvgIpc) is 2.79. The Labute approximate surface area is 184 Å². The van der Waals surface area contributed by atoms with E-state index in [2.05, 4.69) is 10.3 Å². The van der Waals surface area contributed by atoms with Crippen LogP contribution in [0.15, 0.2) is 89.9 Å². The fourth-order valence-corrected chi connectivity index (χ4v) is 4.23. The normalized spacial score (nSPS) is 17.6. The van der Waals surface area contributed by atoms with Crippen molar-refractivity contribution in [3.8, 4) is 0 Å². The van der Waals surface area contributed by atoms with E-state index in [-0.39, 0.29) is 24.1 Å². The molecule has 0 bridgehead atoms. The number of aliphatic imine (C=N–C) groups is 1. The van der Waals surface area contributed by atoms with Crippen LogP contribution in [0.3, 0.4) is 0 Å². The molecule has 3 aromatic carbocycles. The Morgan fingerprint density at radius 1 is 1.00 bits per heavy atom. The van der Waals surface area contributed by atoms with Crippen LogP contribution in [0.25, 0.3) is 0 Å². The van der Waals surface area contributed by atoms with Gasteiger partial charge in [-0.1, -0.05) is 60.3 Å². The van der Waals surface area contributed by atoms with Crippen molar-refractivity contribution in [1.29, 1.82) is 0 Å². The van der Waals surface area contributed by atoms with Crippen LogP contribution in [0.5, 0.6) is 0 Å². The number of nitrogens with zero attached hydrogens (tertiary/aromatic N) is 2. The lowest BCUT2D eigenvalue weighted by atomic mass is 10.2. The highest BCUT2D eigenvalue weighted by Gasteiger charge is 2.36. The molecule has 2 amide bonds. The average molecular weight is 434 g/mol. The summed E-state index contributed by atoms with van der Waals surface area (Å²) in [4.78, 5) is 32.0. The fourth-order valence-electron chi connectivity index (χ4n) is 3.13. The van der Waals surface area contributed by atoms with Gasteiger partial charge in [-0.15, -0.1) is 0 Å². The monoisotopic (exact) mass is 433 g/mol. The number of para-hydroxylation sites is 1. The van der Waals surface area contributed by atoms with Gasteiger partial charge in [-0.2, -0.15) is 0 Å². The third kappa shape index (κ3) is 5.38. The predicted molar refractivity (Wildman–Crippen MR) is 122 cm³/mol. The van der Waals surface area contributed by atoms with Gasteiger partial charge in [0.05, 0.1) is 12.2 Å². The van der Waals surface area contributed by atoms with Gasteiger partial charge in [-0.05, 0) is 42.0 Å². The number of hydrogen-bond acceptors (Lipinski definition) is 4. The van der Waals surface area contributed by atoms with Crippen molar-refractivity contribution < 1.29 is 14.0 Å². The minimum absolute atomic E-state index is 0.0681. The maximum Gasteiger partial charge on any atom is 0.238 e. The van der Waals surface area contributed by atoms with Crippen molar-refractivity contribution in [2.45, 2.75) is 18.2 Å². The van der Waals surface area contributed by atoms with Gasteiger partial charge < -0.3 is 5.32 Å². The minimum atomic E-state index is -0.612. The smallest absolute Gasteiger partial charge is 0.238 e. The van der Waals surface area contributed by atoms with E-state index in [1.807, 2.05) is 48.5 Å². The lowest BCUT2D eigenvalue weighted by molar-refractivity contribution is -0.129. The Balaban J connectivity index is 1.60.